The number of anilines is 2. The Labute approximate surface area is 171 Å². The Balaban J connectivity index is 1.69. The predicted molar refractivity (Wildman–Crippen MR) is 106 cm³/mol. The number of carbonyl (C=O) groups is 5. The van der Waals surface area contributed by atoms with Gasteiger partial charge in [0.25, 0.3) is 5.91 Å². The first-order valence-corrected chi connectivity index (χ1v) is 8.81. The molecular weight excluding hydrogens is 392 g/mol. The van der Waals surface area contributed by atoms with E-state index in [-0.39, 0.29) is 11.6 Å². The van der Waals surface area contributed by atoms with Gasteiger partial charge in [-0.3, -0.25) is 19.2 Å². The molecule has 1 heterocycles. The van der Waals surface area contributed by atoms with E-state index >= 15 is 0 Å². The molecule has 1 aliphatic rings. The number of carbonyl (C=O) groups excluding carboxylic acids is 5. The van der Waals surface area contributed by atoms with Gasteiger partial charge in [0, 0.05) is 18.3 Å². The minimum Gasteiger partial charge on any atom is -0.497 e. The smallest absolute Gasteiger partial charge is 0.339 e. The second-order valence-corrected chi connectivity index (χ2v) is 6.22. The number of rotatable bonds is 6. The molecular formula is C20H18N4O6. The van der Waals surface area contributed by atoms with Crippen molar-refractivity contribution in [3.63, 3.8) is 0 Å². The van der Waals surface area contributed by atoms with Gasteiger partial charge in [-0.2, -0.15) is 0 Å². The predicted octanol–water partition coefficient (Wildman–Crippen LogP) is 0.989. The summed E-state index contributed by atoms with van der Waals surface area (Å²) in [5.74, 6) is -2.58. The topological polar surface area (TPSA) is 125 Å². The molecule has 10 heteroatoms. The van der Waals surface area contributed by atoms with E-state index in [0.717, 1.165) is 0 Å². The molecule has 1 aliphatic heterocycles. The summed E-state index contributed by atoms with van der Waals surface area (Å²) in [5, 5.41) is 4.99. The molecule has 2 aromatic rings. The van der Waals surface area contributed by atoms with Crippen molar-refractivity contribution in [2.75, 3.05) is 30.9 Å². The Kier molecular flexibility index (Phi) is 5.77. The second-order valence-electron chi connectivity index (χ2n) is 6.22. The van der Waals surface area contributed by atoms with Crippen LogP contribution in [0, 0.1) is 0 Å². The Hall–Kier alpha value is -4.21. The molecule has 0 radical (unpaired) electrons. The maximum atomic E-state index is 12.6. The van der Waals surface area contributed by atoms with Gasteiger partial charge in [0.15, 0.2) is 0 Å². The van der Waals surface area contributed by atoms with Crippen LogP contribution >= 0.6 is 0 Å². The number of nitrogens with one attached hydrogen (secondary N) is 2. The number of urea groups is 1. The molecule has 0 spiro atoms. The highest BCUT2D eigenvalue weighted by atomic mass is 16.5. The summed E-state index contributed by atoms with van der Waals surface area (Å²) in [6.07, 6.45) is 0. The lowest BCUT2D eigenvalue weighted by Crippen LogP contribution is -2.39. The van der Waals surface area contributed by atoms with Gasteiger partial charge < -0.3 is 15.4 Å². The van der Waals surface area contributed by atoms with E-state index in [0.29, 0.717) is 26.8 Å². The molecule has 3 rings (SSSR count). The second kappa shape index (κ2) is 8.43. The van der Waals surface area contributed by atoms with Crippen LogP contribution in [0.5, 0.6) is 5.75 Å². The van der Waals surface area contributed by atoms with Crippen LogP contribution in [0.15, 0.2) is 48.5 Å². The summed E-state index contributed by atoms with van der Waals surface area (Å²) in [6, 6.07) is 11.1. The molecule has 1 fully saturated rings. The first-order chi connectivity index (χ1) is 14.3. The van der Waals surface area contributed by atoms with E-state index in [1.54, 1.807) is 0 Å². The molecule has 0 saturated carbocycles. The lowest BCUT2D eigenvalue weighted by molar-refractivity contribution is -0.140. The number of benzene rings is 2. The van der Waals surface area contributed by atoms with Crippen molar-refractivity contribution < 1.29 is 28.7 Å². The maximum Gasteiger partial charge on any atom is 0.339 e. The third kappa shape index (κ3) is 3.97. The zero-order valence-electron chi connectivity index (χ0n) is 16.2. The normalized spacial score (nSPS) is 13.5. The zero-order chi connectivity index (χ0) is 21.8. The molecule has 154 valence electrons. The number of amides is 6. The molecule has 6 amide bonds. The summed E-state index contributed by atoms with van der Waals surface area (Å²) in [4.78, 5) is 62.2. The Morgan fingerprint density at radius 1 is 0.933 bits per heavy atom. The molecule has 30 heavy (non-hydrogen) atoms. The third-order valence-electron chi connectivity index (χ3n) is 4.34. The van der Waals surface area contributed by atoms with Crippen LogP contribution in [0.25, 0.3) is 0 Å². The molecule has 0 bridgehead atoms. The van der Waals surface area contributed by atoms with Crippen LogP contribution in [0.1, 0.15) is 10.4 Å². The van der Waals surface area contributed by atoms with Crippen molar-refractivity contribution in [2.24, 2.45) is 0 Å². The Morgan fingerprint density at radius 3 is 2.13 bits per heavy atom. The summed E-state index contributed by atoms with van der Waals surface area (Å²) in [6.45, 7) is -0.632. The van der Waals surface area contributed by atoms with Gasteiger partial charge >= 0.3 is 17.8 Å². The quantitative estimate of drug-likeness (QED) is 0.540. The minimum atomic E-state index is -1.10. The van der Waals surface area contributed by atoms with Gasteiger partial charge in [-0.05, 0) is 48.5 Å². The van der Waals surface area contributed by atoms with Crippen LogP contribution in [0.2, 0.25) is 0 Å². The average Bonchev–Trinajstić information content (AvgIpc) is 2.97. The summed E-state index contributed by atoms with van der Waals surface area (Å²) in [7, 11) is 2.97. The van der Waals surface area contributed by atoms with Gasteiger partial charge in [0.05, 0.1) is 12.8 Å². The maximum absolute atomic E-state index is 12.6. The SMILES string of the molecule is CNC(=O)c1ccc(NC(=O)CN2C(=O)C(=O)N(c3ccc(OC)cc3)C2=O)cc1. The molecule has 0 unspecified atom stereocenters. The van der Waals surface area contributed by atoms with Gasteiger partial charge in [0.1, 0.15) is 12.3 Å². The Morgan fingerprint density at radius 2 is 1.57 bits per heavy atom. The van der Waals surface area contributed by atoms with Gasteiger partial charge in [-0.15, -0.1) is 0 Å². The van der Waals surface area contributed by atoms with E-state index in [1.165, 1.54) is 62.7 Å². The number of methoxy groups -OCH3 is 1. The number of nitrogens with zero attached hydrogens (tertiary/aromatic N) is 2. The first kappa shape index (κ1) is 20.5. The number of imide groups is 2. The molecule has 0 atom stereocenters. The molecule has 2 aromatic carbocycles. The van der Waals surface area contributed by atoms with Crippen molar-refractivity contribution >= 4 is 41.0 Å². The van der Waals surface area contributed by atoms with Crippen LogP contribution in [0.3, 0.4) is 0 Å². The van der Waals surface area contributed by atoms with Gasteiger partial charge in [-0.1, -0.05) is 0 Å². The van der Waals surface area contributed by atoms with Crippen molar-refractivity contribution in [1.82, 2.24) is 10.2 Å². The molecule has 0 aromatic heterocycles. The largest absolute Gasteiger partial charge is 0.497 e. The highest BCUT2D eigenvalue weighted by Gasteiger charge is 2.46. The monoisotopic (exact) mass is 410 g/mol. The van der Waals surface area contributed by atoms with Crippen LogP contribution in [-0.4, -0.2) is 55.3 Å². The van der Waals surface area contributed by atoms with Crippen LogP contribution < -0.4 is 20.3 Å². The van der Waals surface area contributed by atoms with Crippen molar-refractivity contribution in [3.8, 4) is 5.75 Å². The van der Waals surface area contributed by atoms with E-state index < -0.39 is 30.3 Å². The number of hydrogen-bond acceptors (Lipinski definition) is 6. The fraction of sp³-hybridized carbons (Fsp3) is 0.150. The zero-order valence-corrected chi connectivity index (χ0v) is 16.2. The van der Waals surface area contributed by atoms with Crippen molar-refractivity contribution in [3.05, 3.63) is 54.1 Å². The first-order valence-electron chi connectivity index (χ1n) is 8.81. The van der Waals surface area contributed by atoms with Gasteiger partial charge in [-0.25, -0.2) is 14.6 Å². The molecule has 0 aliphatic carbocycles. The third-order valence-corrected chi connectivity index (χ3v) is 4.34. The minimum absolute atomic E-state index is 0.187. The van der Waals surface area contributed by atoms with Crippen LogP contribution in [0.4, 0.5) is 16.2 Å². The fourth-order valence-corrected chi connectivity index (χ4v) is 2.80. The van der Waals surface area contributed by atoms with E-state index in [9.17, 15) is 24.0 Å². The lowest BCUT2D eigenvalue weighted by atomic mass is 10.2. The number of ether oxygens (including phenoxy) is 1. The standard InChI is InChI=1S/C20H18N4O6/c1-21-17(26)12-3-5-13(6-4-12)22-16(25)11-23-18(27)19(28)24(20(23)29)14-7-9-15(30-2)10-8-14/h3-10H,11H2,1-2H3,(H,21,26)(H,22,25). The fourth-order valence-electron chi connectivity index (χ4n) is 2.80. The molecule has 1 saturated heterocycles. The lowest BCUT2D eigenvalue weighted by Gasteiger charge is -2.15. The average molecular weight is 410 g/mol. The van der Waals surface area contributed by atoms with Crippen molar-refractivity contribution in [1.29, 1.82) is 0 Å². The molecule has 10 nitrogen and oxygen atoms in total. The summed E-state index contributed by atoms with van der Waals surface area (Å²) in [5.41, 5.74) is 0.957. The highest BCUT2D eigenvalue weighted by Crippen LogP contribution is 2.24. The van der Waals surface area contributed by atoms with E-state index in [1.807, 2.05) is 0 Å². The Bertz CT molecular complexity index is 1020. The summed E-state index contributed by atoms with van der Waals surface area (Å²) < 4.78 is 5.02. The van der Waals surface area contributed by atoms with Crippen LogP contribution in [-0.2, 0) is 14.4 Å². The molecule has 2 N–H and O–H groups in total. The number of hydrogen-bond donors (Lipinski definition) is 2. The van der Waals surface area contributed by atoms with E-state index in [4.69, 9.17) is 4.74 Å². The van der Waals surface area contributed by atoms with Gasteiger partial charge in [0.2, 0.25) is 5.91 Å². The van der Waals surface area contributed by atoms with Crippen molar-refractivity contribution in [2.45, 2.75) is 0 Å². The summed E-state index contributed by atoms with van der Waals surface area (Å²) >= 11 is 0. The highest BCUT2D eigenvalue weighted by molar-refractivity contribution is 6.53. The van der Waals surface area contributed by atoms with E-state index in [2.05, 4.69) is 10.6 Å².